The van der Waals surface area contributed by atoms with E-state index in [0.717, 1.165) is 11.5 Å². The van der Waals surface area contributed by atoms with E-state index < -0.39 is 6.67 Å². The third-order valence-electron chi connectivity index (χ3n) is 1.21. The van der Waals surface area contributed by atoms with Gasteiger partial charge in [0, 0.05) is 6.54 Å². The van der Waals surface area contributed by atoms with Gasteiger partial charge in [0.25, 0.3) is 0 Å². The largest absolute Gasteiger partial charge is 0.382 e. The summed E-state index contributed by atoms with van der Waals surface area (Å²) in [7, 11) is 0. The minimum atomic E-state index is -0.483. The number of hydrogen-bond donors (Lipinski definition) is 2. The second-order valence-electron chi connectivity index (χ2n) is 2.00. The summed E-state index contributed by atoms with van der Waals surface area (Å²) in [6.45, 7) is -0.307. The average molecular weight is 186 g/mol. The van der Waals surface area contributed by atoms with E-state index in [1.165, 1.54) is 0 Å². The monoisotopic (exact) mass is 186 g/mol. The Bertz CT molecular complexity index is 303. The van der Waals surface area contributed by atoms with Crippen molar-refractivity contribution < 1.29 is 4.39 Å². The molecule has 1 rings (SSSR count). The van der Waals surface area contributed by atoms with E-state index in [9.17, 15) is 4.39 Å². The van der Waals surface area contributed by atoms with Crippen LogP contribution in [0.1, 0.15) is 5.56 Å². The number of nitrogens with one attached hydrogen (secondary N) is 1. The van der Waals surface area contributed by atoms with Crippen molar-refractivity contribution >= 4 is 22.4 Å². The van der Waals surface area contributed by atoms with Crippen molar-refractivity contribution in [3.8, 4) is 6.07 Å². The van der Waals surface area contributed by atoms with Crippen molar-refractivity contribution in [1.29, 1.82) is 5.26 Å². The summed E-state index contributed by atoms with van der Waals surface area (Å²) in [6.07, 6.45) is 0. The Morgan fingerprint density at radius 1 is 1.75 bits per heavy atom. The number of halogens is 1. The summed E-state index contributed by atoms with van der Waals surface area (Å²) in [5.41, 5.74) is 5.67. The van der Waals surface area contributed by atoms with Gasteiger partial charge in [-0.25, -0.2) is 4.39 Å². The molecule has 0 spiro atoms. The number of anilines is 2. The van der Waals surface area contributed by atoms with Crippen molar-refractivity contribution in [3.63, 3.8) is 0 Å². The van der Waals surface area contributed by atoms with Gasteiger partial charge in [0.1, 0.15) is 23.3 Å². The highest BCUT2D eigenvalue weighted by Crippen LogP contribution is 2.24. The molecule has 0 amide bonds. The second-order valence-corrected chi connectivity index (χ2v) is 2.77. The van der Waals surface area contributed by atoms with Gasteiger partial charge in [-0.05, 0) is 11.5 Å². The van der Waals surface area contributed by atoms with Gasteiger partial charge in [0.15, 0.2) is 5.82 Å². The third kappa shape index (κ3) is 1.62. The minimum absolute atomic E-state index is 0.177. The number of rotatable bonds is 3. The van der Waals surface area contributed by atoms with Crippen molar-refractivity contribution in [2.45, 2.75) is 0 Å². The molecule has 0 aromatic carbocycles. The maximum Gasteiger partial charge on any atom is 0.157 e. The number of hydrogen-bond acceptors (Lipinski definition) is 5. The fourth-order valence-corrected chi connectivity index (χ4v) is 1.38. The molecule has 1 heterocycles. The molecule has 0 aliphatic heterocycles. The quantitative estimate of drug-likeness (QED) is 0.737. The van der Waals surface area contributed by atoms with Crippen molar-refractivity contribution in [2.24, 2.45) is 0 Å². The van der Waals surface area contributed by atoms with Gasteiger partial charge in [0.2, 0.25) is 0 Å². The summed E-state index contributed by atoms with van der Waals surface area (Å²) < 4.78 is 15.5. The first kappa shape index (κ1) is 8.74. The molecule has 0 unspecified atom stereocenters. The van der Waals surface area contributed by atoms with Gasteiger partial charge < -0.3 is 11.1 Å². The van der Waals surface area contributed by atoms with Crippen LogP contribution < -0.4 is 11.1 Å². The molecule has 1 aromatic heterocycles. The Morgan fingerprint density at radius 2 is 2.50 bits per heavy atom. The highest BCUT2D eigenvalue weighted by molar-refractivity contribution is 7.10. The molecular formula is C6H7FN4S. The van der Waals surface area contributed by atoms with E-state index in [1.54, 1.807) is 0 Å². The van der Waals surface area contributed by atoms with Crippen LogP contribution >= 0.6 is 11.5 Å². The van der Waals surface area contributed by atoms with Crippen molar-refractivity contribution in [3.05, 3.63) is 5.56 Å². The molecule has 0 aliphatic carbocycles. The fourth-order valence-electron chi connectivity index (χ4n) is 0.692. The summed E-state index contributed by atoms with van der Waals surface area (Å²) in [6, 6.07) is 1.89. The maximum atomic E-state index is 11.7. The predicted molar refractivity (Wildman–Crippen MR) is 45.7 cm³/mol. The molecule has 0 atom stereocenters. The molecule has 3 N–H and O–H groups in total. The van der Waals surface area contributed by atoms with Gasteiger partial charge in [-0.15, -0.1) is 0 Å². The minimum Gasteiger partial charge on any atom is -0.382 e. The van der Waals surface area contributed by atoms with E-state index in [1.807, 2.05) is 6.07 Å². The SMILES string of the molecule is N#Cc1c(N)nsc1NCCF. The summed E-state index contributed by atoms with van der Waals surface area (Å²) >= 11 is 1.07. The highest BCUT2D eigenvalue weighted by Gasteiger charge is 2.09. The van der Waals surface area contributed by atoms with Crippen LogP contribution in [0.3, 0.4) is 0 Å². The molecule has 12 heavy (non-hydrogen) atoms. The lowest BCUT2D eigenvalue weighted by Gasteiger charge is -1.97. The topological polar surface area (TPSA) is 74.7 Å². The van der Waals surface area contributed by atoms with E-state index in [2.05, 4.69) is 9.69 Å². The zero-order valence-corrected chi connectivity index (χ0v) is 6.99. The van der Waals surface area contributed by atoms with Crippen LogP contribution in [0.15, 0.2) is 0 Å². The van der Waals surface area contributed by atoms with E-state index in [-0.39, 0.29) is 12.4 Å². The lowest BCUT2D eigenvalue weighted by atomic mass is 10.3. The van der Waals surface area contributed by atoms with Crippen LogP contribution in [-0.4, -0.2) is 17.6 Å². The highest BCUT2D eigenvalue weighted by atomic mass is 32.1. The molecule has 0 saturated carbocycles. The Kier molecular flexibility index (Phi) is 2.82. The number of nitrogens with zero attached hydrogens (tertiary/aromatic N) is 2. The molecule has 1 aromatic rings. The Hall–Kier alpha value is -1.35. The number of nitrogens with two attached hydrogens (primary N) is 1. The number of nitriles is 1. The summed E-state index contributed by atoms with van der Waals surface area (Å²) in [5, 5.41) is 11.8. The van der Waals surface area contributed by atoms with E-state index in [4.69, 9.17) is 11.0 Å². The van der Waals surface area contributed by atoms with Crippen LogP contribution in [0.25, 0.3) is 0 Å². The zero-order valence-electron chi connectivity index (χ0n) is 6.17. The third-order valence-corrected chi connectivity index (χ3v) is 2.03. The van der Waals surface area contributed by atoms with Crippen molar-refractivity contribution in [1.82, 2.24) is 4.37 Å². The maximum absolute atomic E-state index is 11.7. The van der Waals surface area contributed by atoms with E-state index in [0.29, 0.717) is 10.6 Å². The fraction of sp³-hybridized carbons (Fsp3) is 0.333. The first-order valence-corrected chi connectivity index (χ1v) is 4.02. The first-order valence-electron chi connectivity index (χ1n) is 3.24. The van der Waals surface area contributed by atoms with Crippen molar-refractivity contribution in [2.75, 3.05) is 24.3 Å². The van der Waals surface area contributed by atoms with Crippen LogP contribution in [-0.2, 0) is 0 Å². The summed E-state index contributed by atoms with van der Waals surface area (Å²) in [4.78, 5) is 0. The molecular weight excluding hydrogens is 179 g/mol. The van der Waals surface area contributed by atoms with E-state index >= 15 is 0 Å². The van der Waals surface area contributed by atoms with Crippen LogP contribution in [0.2, 0.25) is 0 Å². The van der Waals surface area contributed by atoms with Gasteiger partial charge in [-0.1, -0.05) is 0 Å². The smallest absolute Gasteiger partial charge is 0.157 e. The molecule has 0 fully saturated rings. The van der Waals surface area contributed by atoms with Crippen LogP contribution in [0.5, 0.6) is 0 Å². The number of nitrogen functional groups attached to an aromatic ring is 1. The molecule has 0 aliphatic rings. The zero-order chi connectivity index (χ0) is 8.97. The molecule has 4 nitrogen and oxygen atoms in total. The lowest BCUT2D eigenvalue weighted by molar-refractivity contribution is 0.513. The Labute approximate surface area is 73.0 Å². The number of aromatic nitrogens is 1. The van der Waals surface area contributed by atoms with Gasteiger partial charge in [-0.3, -0.25) is 0 Å². The Morgan fingerprint density at radius 3 is 3.08 bits per heavy atom. The molecule has 0 saturated heterocycles. The van der Waals surface area contributed by atoms with Gasteiger partial charge >= 0.3 is 0 Å². The normalized spacial score (nSPS) is 9.33. The Balaban J connectivity index is 2.79. The lowest BCUT2D eigenvalue weighted by Crippen LogP contribution is -2.02. The number of alkyl halides is 1. The first-order chi connectivity index (χ1) is 5.79. The second kappa shape index (κ2) is 3.88. The summed E-state index contributed by atoms with van der Waals surface area (Å²) in [5.74, 6) is 0.198. The van der Waals surface area contributed by atoms with Gasteiger partial charge in [0.05, 0.1) is 0 Å². The molecule has 64 valence electrons. The van der Waals surface area contributed by atoms with Crippen LogP contribution in [0, 0.1) is 11.3 Å². The predicted octanol–water partition coefficient (Wildman–Crippen LogP) is 0.978. The molecule has 0 radical (unpaired) electrons. The molecule has 6 heteroatoms. The molecule has 0 bridgehead atoms. The standard InChI is InChI=1S/C6H7FN4S/c7-1-2-10-6-4(3-8)5(9)11-12-6/h10H,1-2H2,(H2,9,11). The average Bonchev–Trinajstić information content (AvgIpc) is 2.43. The van der Waals surface area contributed by atoms with Crippen LogP contribution in [0.4, 0.5) is 15.2 Å². The van der Waals surface area contributed by atoms with Gasteiger partial charge in [-0.2, -0.15) is 9.64 Å².